The molecule has 1 aromatic heterocycles. The highest BCUT2D eigenvalue weighted by Gasteiger charge is 2.48. The second-order valence-electron chi connectivity index (χ2n) is 11.2. The van der Waals surface area contributed by atoms with Gasteiger partial charge in [0.2, 0.25) is 5.13 Å². The van der Waals surface area contributed by atoms with Crippen LogP contribution in [0.15, 0.2) is 107 Å². The molecule has 3 heterocycles. The molecule has 8 nitrogen and oxygen atoms in total. The molecule has 2 atom stereocenters. The zero-order valence-corrected chi connectivity index (χ0v) is 27.5. The van der Waals surface area contributed by atoms with Gasteiger partial charge in [0.1, 0.15) is 30.0 Å². The number of benzene rings is 4. The van der Waals surface area contributed by atoms with Crippen molar-refractivity contribution < 1.29 is 24.2 Å². The minimum atomic E-state index is -0.972. The van der Waals surface area contributed by atoms with Crippen LogP contribution in [-0.2, 0) is 28.4 Å². The predicted molar refractivity (Wildman–Crippen MR) is 183 cm³/mol. The van der Waals surface area contributed by atoms with Gasteiger partial charge >= 0.3 is 5.91 Å². The largest absolute Gasteiger partial charge is 0.507 e. The SMILES string of the molecule is C[C@@H]1Cc2cc(C(O)=C3C(=O)C(=O)N(c4nnc(SCc5ccc(Cl)cc5)s4)[C@H]3c3cccc(OCc4ccccc4)c3)ccc2O1. The first-order valence-corrected chi connectivity index (χ1v) is 17.1. The Balaban J connectivity index is 1.25. The molecule has 236 valence electrons. The molecule has 0 unspecified atom stereocenters. The number of nitrogens with zero attached hydrogens (tertiary/aromatic N) is 3. The number of anilines is 1. The summed E-state index contributed by atoms with van der Waals surface area (Å²) in [5.74, 6) is 0.0456. The molecule has 1 amide bonds. The number of amides is 1. The van der Waals surface area contributed by atoms with E-state index in [0.29, 0.717) is 45.0 Å². The van der Waals surface area contributed by atoms with Crippen molar-refractivity contribution in [2.24, 2.45) is 0 Å². The van der Waals surface area contributed by atoms with Crippen LogP contribution in [0.25, 0.3) is 5.76 Å². The van der Waals surface area contributed by atoms with Crippen molar-refractivity contribution >= 4 is 57.3 Å². The van der Waals surface area contributed by atoms with Crippen LogP contribution in [0.2, 0.25) is 5.02 Å². The predicted octanol–water partition coefficient (Wildman–Crippen LogP) is 8.01. The standard InChI is InChI=1S/C36H28ClN3O5S2/c1-21-16-26-17-25(12-15-29(26)45-21)32(41)30-31(24-8-5-9-28(18-24)44-19-22-6-3-2-4-7-22)40(34(43)33(30)42)35-38-39-36(47-35)46-20-23-10-13-27(37)14-11-23/h2-15,17-18,21,31,41H,16,19-20H2,1H3/t21-,31+/m1/s1. The molecule has 5 aromatic rings. The highest BCUT2D eigenvalue weighted by molar-refractivity contribution is 8.00. The Morgan fingerprint density at radius 1 is 1.00 bits per heavy atom. The van der Waals surface area contributed by atoms with E-state index in [4.69, 9.17) is 21.1 Å². The lowest BCUT2D eigenvalue weighted by molar-refractivity contribution is -0.132. The number of ketones is 1. The Morgan fingerprint density at radius 3 is 2.62 bits per heavy atom. The fraction of sp³-hybridized carbons (Fsp3) is 0.167. The number of ether oxygens (including phenoxy) is 2. The monoisotopic (exact) mass is 681 g/mol. The molecule has 1 fully saturated rings. The molecule has 0 saturated carbocycles. The summed E-state index contributed by atoms with van der Waals surface area (Å²) >= 11 is 8.70. The lowest BCUT2D eigenvalue weighted by Crippen LogP contribution is -2.29. The lowest BCUT2D eigenvalue weighted by atomic mass is 9.94. The van der Waals surface area contributed by atoms with Crippen molar-refractivity contribution in [2.75, 3.05) is 4.90 Å². The summed E-state index contributed by atoms with van der Waals surface area (Å²) in [5.41, 5.74) is 3.95. The van der Waals surface area contributed by atoms with Crippen LogP contribution >= 0.6 is 34.7 Å². The molecule has 2 aliphatic heterocycles. The second kappa shape index (κ2) is 13.2. The van der Waals surface area contributed by atoms with Crippen molar-refractivity contribution in [3.8, 4) is 11.5 Å². The third kappa shape index (κ3) is 6.49. The summed E-state index contributed by atoms with van der Waals surface area (Å²) in [6.45, 7) is 2.31. The molecule has 1 saturated heterocycles. The van der Waals surface area contributed by atoms with E-state index in [2.05, 4.69) is 10.2 Å². The molecule has 7 rings (SSSR count). The molecule has 0 spiro atoms. The average Bonchev–Trinajstić information content (AvgIpc) is 3.78. The first-order valence-electron chi connectivity index (χ1n) is 14.9. The third-order valence-corrected chi connectivity index (χ3v) is 10.3. The van der Waals surface area contributed by atoms with Crippen molar-refractivity contribution in [2.45, 2.75) is 42.2 Å². The number of carbonyl (C=O) groups is 2. The van der Waals surface area contributed by atoms with Gasteiger partial charge in [-0.25, -0.2) is 0 Å². The van der Waals surface area contributed by atoms with E-state index in [0.717, 1.165) is 22.4 Å². The molecule has 11 heteroatoms. The summed E-state index contributed by atoms with van der Waals surface area (Å²) < 4.78 is 12.6. The molecular formula is C36H28ClN3O5S2. The number of carbonyl (C=O) groups excluding carboxylic acids is 2. The molecule has 47 heavy (non-hydrogen) atoms. The minimum Gasteiger partial charge on any atom is -0.507 e. The maximum atomic E-state index is 13.8. The Morgan fingerprint density at radius 2 is 1.81 bits per heavy atom. The van der Waals surface area contributed by atoms with Crippen LogP contribution in [0.1, 0.15) is 40.8 Å². The molecule has 1 N–H and O–H groups in total. The Hall–Kier alpha value is -4.64. The van der Waals surface area contributed by atoms with Gasteiger partial charge in [0.25, 0.3) is 5.78 Å². The lowest BCUT2D eigenvalue weighted by Gasteiger charge is -2.23. The third-order valence-electron chi connectivity index (χ3n) is 7.91. The van der Waals surface area contributed by atoms with Crippen molar-refractivity contribution in [3.63, 3.8) is 0 Å². The highest BCUT2D eigenvalue weighted by Crippen LogP contribution is 2.45. The maximum absolute atomic E-state index is 13.8. The fourth-order valence-electron chi connectivity index (χ4n) is 5.67. The number of thioether (sulfide) groups is 1. The normalized spacial score (nSPS) is 18.3. The van der Waals surface area contributed by atoms with Crippen LogP contribution < -0.4 is 14.4 Å². The van der Waals surface area contributed by atoms with E-state index >= 15 is 0 Å². The molecular weight excluding hydrogens is 654 g/mol. The summed E-state index contributed by atoms with van der Waals surface area (Å²) in [4.78, 5) is 28.9. The number of rotatable bonds is 9. The molecule has 0 aliphatic carbocycles. The van der Waals surface area contributed by atoms with Crippen molar-refractivity contribution in [3.05, 3.63) is 135 Å². The van der Waals surface area contributed by atoms with E-state index in [1.165, 1.54) is 28.0 Å². The minimum absolute atomic E-state index is 0.00997. The molecule has 2 aliphatic rings. The topological polar surface area (TPSA) is 102 Å². The number of fused-ring (bicyclic) bond motifs is 1. The zero-order valence-electron chi connectivity index (χ0n) is 25.1. The van der Waals surface area contributed by atoms with Crippen LogP contribution in [0.5, 0.6) is 11.5 Å². The number of halogens is 1. The molecule has 4 aromatic carbocycles. The molecule has 0 bridgehead atoms. The Kier molecular flexibility index (Phi) is 8.72. The quantitative estimate of drug-likeness (QED) is 0.0549. The van der Waals surface area contributed by atoms with Gasteiger partial charge in [-0.2, -0.15) is 0 Å². The second-order valence-corrected chi connectivity index (χ2v) is 13.9. The zero-order chi connectivity index (χ0) is 32.5. The van der Waals surface area contributed by atoms with Gasteiger partial charge in [-0.3, -0.25) is 14.5 Å². The van der Waals surface area contributed by atoms with Crippen molar-refractivity contribution in [1.82, 2.24) is 10.2 Å². The van der Waals surface area contributed by atoms with Gasteiger partial charge in [0.05, 0.1) is 11.6 Å². The van der Waals surface area contributed by atoms with Gasteiger partial charge in [-0.1, -0.05) is 89.3 Å². The first kappa shape index (κ1) is 31.0. The van der Waals surface area contributed by atoms with Crippen LogP contribution in [-0.4, -0.2) is 33.1 Å². The van der Waals surface area contributed by atoms with E-state index in [9.17, 15) is 14.7 Å². The maximum Gasteiger partial charge on any atom is 0.301 e. The number of hydrogen-bond donors (Lipinski definition) is 1. The highest BCUT2D eigenvalue weighted by atomic mass is 35.5. The van der Waals surface area contributed by atoms with E-state index in [1.807, 2.05) is 79.7 Å². The van der Waals surface area contributed by atoms with Gasteiger partial charge in [-0.15, -0.1) is 10.2 Å². The number of hydrogen-bond acceptors (Lipinski definition) is 9. The summed E-state index contributed by atoms with van der Waals surface area (Å²) in [5, 5.41) is 21.3. The summed E-state index contributed by atoms with van der Waals surface area (Å²) in [6, 6.07) is 28.8. The first-order chi connectivity index (χ1) is 22.8. The van der Waals surface area contributed by atoms with Crippen LogP contribution in [0, 0.1) is 0 Å². The smallest absolute Gasteiger partial charge is 0.301 e. The van der Waals surface area contributed by atoms with Crippen LogP contribution in [0.3, 0.4) is 0 Å². The van der Waals surface area contributed by atoms with Crippen molar-refractivity contribution in [1.29, 1.82) is 0 Å². The van der Waals surface area contributed by atoms with E-state index < -0.39 is 17.7 Å². The van der Waals surface area contributed by atoms with Gasteiger partial charge < -0.3 is 14.6 Å². The summed E-state index contributed by atoms with van der Waals surface area (Å²) in [7, 11) is 0. The van der Waals surface area contributed by atoms with Gasteiger partial charge in [0.15, 0.2) is 4.34 Å². The Bertz CT molecular complexity index is 2000. The fourth-order valence-corrected chi connectivity index (χ4v) is 7.62. The number of aromatic nitrogens is 2. The number of Topliss-reactive ketones (excluding diaryl/α,β-unsaturated/α-hetero) is 1. The van der Waals surface area contributed by atoms with Crippen LogP contribution in [0.4, 0.5) is 5.13 Å². The number of aliphatic hydroxyl groups excluding tert-OH is 1. The van der Waals surface area contributed by atoms with E-state index in [-0.39, 0.29) is 22.6 Å². The number of aliphatic hydroxyl groups is 1. The van der Waals surface area contributed by atoms with E-state index in [1.54, 1.807) is 24.3 Å². The summed E-state index contributed by atoms with van der Waals surface area (Å²) in [6.07, 6.45) is 0.687. The van der Waals surface area contributed by atoms with Gasteiger partial charge in [0, 0.05) is 22.8 Å². The molecule has 0 radical (unpaired) electrons. The average molecular weight is 682 g/mol. The van der Waals surface area contributed by atoms with Gasteiger partial charge in [-0.05, 0) is 71.6 Å². The Labute approximate surface area is 284 Å².